The Morgan fingerprint density at radius 3 is 1.40 bits per heavy atom. The molecule has 0 rings (SSSR count). The summed E-state index contributed by atoms with van der Waals surface area (Å²) in [4.78, 5) is 0. The van der Waals surface area contributed by atoms with E-state index in [1.165, 1.54) is 0 Å². The molecule has 2 radical (unpaired) electrons. The fraction of sp³-hybridized carbons (Fsp3) is 1.00. The summed E-state index contributed by atoms with van der Waals surface area (Å²) in [5.74, 6) is 0. The Morgan fingerprint density at radius 1 is 1.40 bits per heavy atom. The van der Waals surface area contributed by atoms with Crippen molar-refractivity contribution in [1.82, 2.24) is 0 Å². The Morgan fingerprint density at radius 2 is 1.40 bits per heavy atom. The topological polar surface area (TPSA) is 27.6 Å². The Balaban J connectivity index is 0. The van der Waals surface area contributed by atoms with Crippen LogP contribution in [0.1, 0.15) is 0 Å². The summed E-state index contributed by atoms with van der Waals surface area (Å²) in [6.45, 7) is 0. The second kappa shape index (κ2) is 16.2. The summed E-state index contributed by atoms with van der Waals surface area (Å²) in [7, 11) is 1.75. The fourth-order valence-electron chi connectivity index (χ4n) is 0. The number of quaternary nitrogens is 1. The summed E-state index contributed by atoms with van der Waals surface area (Å²) >= 11 is 4.96. The third-order valence-corrected chi connectivity index (χ3v) is 0. The SMILES string of the molecule is C[NH3+].[I][Pb][I]. The van der Waals surface area contributed by atoms with E-state index < -0.39 is 0 Å². The van der Waals surface area contributed by atoms with E-state index in [2.05, 4.69) is 41.3 Å². The zero-order valence-corrected chi connectivity index (χ0v) is 11.2. The van der Waals surface area contributed by atoms with Crippen LogP contribution in [0.25, 0.3) is 0 Å². The van der Waals surface area contributed by atoms with Crippen LogP contribution < -0.4 is 5.73 Å². The quantitative estimate of drug-likeness (QED) is 0.371. The van der Waals surface area contributed by atoms with E-state index in [4.69, 9.17) is 0 Å². The molecule has 32 valence electrons. The molecule has 0 spiro atoms. The normalized spacial score (nSPS) is 4.80. The van der Waals surface area contributed by atoms with Crippen LogP contribution in [0, 0.1) is 0 Å². The molecule has 5 heavy (non-hydrogen) atoms. The summed E-state index contributed by atoms with van der Waals surface area (Å²) in [6.07, 6.45) is 0. The van der Waals surface area contributed by atoms with Crippen molar-refractivity contribution in [2.24, 2.45) is 0 Å². The maximum absolute atomic E-state index is 3.25. The van der Waals surface area contributed by atoms with E-state index in [-0.39, 0.29) is 15.6 Å². The zero-order valence-electron chi connectivity index (χ0n) is 2.96. The molecule has 4 heteroatoms. The van der Waals surface area contributed by atoms with Crippen LogP contribution in [0.15, 0.2) is 0 Å². The van der Waals surface area contributed by atoms with Crippen LogP contribution in [0.2, 0.25) is 0 Å². The molecular formula is CH6I2NPb+. The predicted octanol–water partition coefficient (Wildman–Crippen LogP) is 0.249. The molecule has 3 N–H and O–H groups in total. The molecule has 0 aromatic rings. The Hall–Kier alpha value is 2.34. The van der Waals surface area contributed by atoms with Crippen LogP contribution in [0.5, 0.6) is 0 Å². The van der Waals surface area contributed by atoms with E-state index in [1.54, 1.807) is 7.05 Å². The minimum absolute atomic E-state index is 0.0233. The summed E-state index contributed by atoms with van der Waals surface area (Å²) < 4.78 is 0. The molecule has 0 atom stereocenters. The molecule has 0 amide bonds. The van der Waals surface area contributed by atoms with Gasteiger partial charge in [0, 0.05) is 0 Å². The van der Waals surface area contributed by atoms with Crippen molar-refractivity contribution >= 4 is 51.2 Å². The molecule has 0 saturated heterocycles. The number of halogens is 2. The van der Waals surface area contributed by atoms with Gasteiger partial charge in [-0.3, -0.25) is 0 Å². The second-order valence-corrected chi connectivity index (χ2v) is 28.2. The van der Waals surface area contributed by atoms with Gasteiger partial charge in [0.2, 0.25) is 0 Å². The van der Waals surface area contributed by atoms with Gasteiger partial charge in [0.25, 0.3) is 0 Å². The van der Waals surface area contributed by atoms with Gasteiger partial charge in [-0.1, -0.05) is 0 Å². The third-order valence-electron chi connectivity index (χ3n) is 0. The molecule has 0 fully saturated rings. The summed E-state index contributed by atoms with van der Waals surface area (Å²) in [6, 6.07) is 0. The van der Waals surface area contributed by atoms with E-state index in [1.807, 2.05) is 0 Å². The first-order chi connectivity index (χ1) is 2.41. The number of rotatable bonds is 0. The average Bonchev–Trinajstić information content (AvgIpc) is 1.46. The fourth-order valence-corrected chi connectivity index (χ4v) is 0. The van der Waals surface area contributed by atoms with E-state index in [9.17, 15) is 0 Å². The first kappa shape index (κ1) is 10.3. The molecule has 0 bridgehead atoms. The van der Waals surface area contributed by atoms with E-state index >= 15 is 0 Å². The van der Waals surface area contributed by atoms with Crippen molar-refractivity contribution in [2.75, 3.05) is 7.05 Å². The van der Waals surface area contributed by atoms with Crippen molar-refractivity contribution in [1.29, 1.82) is 0 Å². The van der Waals surface area contributed by atoms with Gasteiger partial charge in [-0.25, -0.2) is 0 Å². The standard InChI is InChI=1S/CH5N.2HI.Pb/c1-2;;;/h2H2,1H3;2*1H;/q;;;+2/p-1. The summed E-state index contributed by atoms with van der Waals surface area (Å²) in [5.41, 5.74) is 3.25. The minimum atomic E-state index is 0.0233. The van der Waals surface area contributed by atoms with E-state index in [0.717, 1.165) is 0 Å². The van der Waals surface area contributed by atoms with Gasteiger partial charge in [0.05, 0.1) is 7.05 Å². The monoisotopic (exact) mass is 494 g/mol. The van der Waals surface area contributed by atoms with Crippen LogP contribution in [-0.4, -0.2) is 22.7 Å². The van der Waals surface area contributed by atoms with Gasteiger partial charge < -0.3 is 5.73 Å². The first-order valence-electron chi connectivity index (χ1n) is 1.09. The van der Waals surface area contributed by atoms with Gasteiger partial charge >= 0.3 is 51.2 Å². The molecule has 0 aliphatic heterocycles. The van der Waals surface area contributed by atoms with Crippen LogP contribution in [0.4, 0.5) is 0 Å². The van der Waals surface area contributed by atoms with Crippen LogP contribution in [-0.2, 0) is 0 Å². The molecule has 0 aliphatic rings. The molecule has 0 aromatic carbocycles. The Bertz CT molecular complexity index is 9.61. The van der Waals surface area contributed by atoms with Crippen LogP contribution in [0.3, 0.4) is 0 Å². The molecule has 0 heterocycles. The molecule has 0 aliphatic carbocycles. The van der Waals surface area contributed by atoms with Gasteiger partial charge in [0.1, 0.15) is 0 Å². The van der Waals surface area contributed by atoms with Gasteiger partial charge in [-0.15, -0.1) is 0 Å². The molecular weight excluding hydrogens is 487 g/mol. The van der Waals surface area contributed by atoms with Crippen molar-refractivity contribution < 1.29 is 5.73 Å². The van der Waals surface area contributed by atoms with Gasteiger partial charge in [-0.2, -0.15) is 0 Å². The van der Waals surface area contributed by atoms with Crippen molar-refractivity contribution in [2.45, 2.75) is 0 Å². The first-order valence-corrected chi connectivity index (χ1v) is 23.0. The summed E-state index contributed by atoms with van der Waals surface area (Å²) in [5, 5.41) is 0. The van der Waals surface area contributed by atoms with Crippen LogP contribution >= 0.6 is 35.5 Å². The molecule has 0 aromatic heterocycles. The molecule has 0 unspecified atom stereocenters. The maximum atomic E-state index is 3.25. The second-order valence-electron chi connectivity index (χ2n) is 0.0714. The van der Waals surface area contributed by atoms with E-state index in [0.29, 0.717) is 0 Å². The van der Waals surface area contributed by atoms with Gasteiger partial charge in [0.15, 0.2) is 0 Å². The number of hydrogen-bond donors (Lipinski definition) is 1. The van der Waals surface area contributed by atoms with Crippen molar-refractivity contribution in [3.63, 3.8) is 0 Å². The van der Waals surface area contributed by atoms with Crippen molar-refractivity contribution in [3.8, 4) is 0 Å². The Kier molecular flexibility index (Phi) is 33.5. The third kappa shape index (κ3) is 21.8. The van der Waals surface area contributed by atoms with Gasteiger partial charge in [-0.05, 0) is 0 Å². The Labute approximate surface area is 62.6 Å². The average molecular weight is 493 g/mol. The molecule has 0 saturated carbocycles. The predicted molar refractivity (Wildman–Crippen MR) is 42.6 cm³/mol. The number of hydrogen-bond acceptors (Lipinski definition) is 0. The van der Waals surface area contributed by atoms with Crippen molar-refractivity contribution in [3.05, 3.63) is 0 Å². The zero-order chi connectivity index (χ0) is 4.71. The molecule has 1 nitrogen and oxygen atoms in total.